The van der Waals surface area contributed by atoms with Crippen LogP contribution in [0.15, 0.2) is 36.4 Å². The summed E-state index contributed by atoms with van der Waals surface area (Å²) in [7, 11) is 0. The number of carbonyl (C=O) groups is 1. The fourth-order valence-corrected chi connectivity index (χ4v) is 3.60. The van der Waals surface area contributed by atoms with Gasteiger partial charge in [-0.25, -0.2) is 0 Å². The van der Waals surface area contributed by atoms with E-state index in [0.717, 1.165) is 27.7 Å². The van der Waals surface area contributed by atoms with Crippen molar-refractivity contribution in [2.45, 2.75) is 32.7 Å². The fraction of sp³-hybridized carbons (Fsp3) is 0.263. The van der Waals surface area contributed by atoms with E-state index in [1.54, 1.807) is 18.2 Å². The quantitative estimate of drug-likeness (QED) is 0.658. The second-order valence-electron chi connectivity index (χ2n) is 6.02. The van der Waals surface area contributed by atoms with E-state index < -0.39 is 11.9 Å². The summed E-state index contributed by atoms with van der Waals surface area (Å²) in [5.41, 5.74) is 3.33. The first-order valence-corrected chi connectivity index (χ1v) is 8.80. The first-order chi connectivity index (χ1) is 11.9. The molecule has 1 atom stereocenters. The molecule has 2 aromatic carbocycles. The number of hydrogen-bond acceptors (Lipinski definition) is 2. The van der Waals surface area contributed by atoms with Crippen molar-refractivity contribution in [3.05, 3.63) is 63.3 Å². The normalized spacial score (nSPS) is 12.5. The zero-order valence-corrected chi connectivity index (χ0v) is 15.5. The van der Waals surface area contributed by atoms with E-state index in [1.807, 2.05) is 36.7 Å². The fourth-order valence-electron chi connectivity index (χ4n) is 3.08. The van der Waals surface area contributed by atoms with Crippen LogP contribution in [0.1, 0.15) is 36.1 Å². The van der Waals surface area contributed by atoms with Gasteiger partial charge < -0.3 is 5.11 Å². The molecule has 130 valence electrons. The number of aromatic nitrogens is 2. The number of carboxylic acid groups (broad SMARTS) is 1. The molecule has 4 nitrogen and oxygen atoms in total. The van der Waals surface area contributed by atoms with Gasteiger partial charge in [0.05, 0.1) is 23.7 Å². The van der Waals surface area contributed by atoms with Gasteiger partial charge in [0, 0.05) is 21.0 Å². The van der Waals surface area contributed by atoms with Crippen LogP contribution in [0.2, 0.25) is 10.0 Å². The highest BCUT2D eigenvalue weighted by atomic mass is 35.5. The molecule has 0 aliphatic carbocycles. The van der Waals surface area contributed by atoms with Gasteiger partial charge in [-0.2, -0.15) is 5.10 Å². The van der Waals surface area contributed by atoms with Crippen LogP contribution in [0.3, 0.4) is 0 Å². The number of carboxylic acids is 1. The van der Waals surface area contributed by atoms with Crippen molar-refractivity contribution >= 4 is 40.1 Å². The van der Waals surface area contributed by atoms with Crippen molar-refractivity contribution in [1.29, 1.82) is 0 Å². The lowest BCUT2D eigenvalue weighted by atomic mass is 9.95. The third-order valence-corrected chi connectivity index (χ3v) is 5.15. The van der Waals surface area contributed by atoms with Crippen LogP contribution in [-0.4, -0.2) is 20.9 Å². The monoisotopic (exact) mass is 376 g/mol. The third-order valence-electron chi connectivity index (χ3n) is 4.44. The number of rotatable bonds is 5. The number of aryl methyl sites for hydroxylation is 1. The topological polar surface area (TPSA) is 55.1 Å². The minimum absolute atomic E-state index is 0.427. The summed E-state index contributed by atoms with van der Waals surface area (Å²) in [6.07, 6.45) is 0.532. The molecule has 0 aliphatic heterocycles. The number of hydrogen-bond donors (Lipinski definition) is 1. The summed E-state index contributed by atoms with van der Waals surface area (Å²) >= 11 is 12.6. The molecule has 0 aliphatic rings. The Labute approximate surface area is 156 Å². The number of fused-ring (bicyclic) bond motifs is 1. The van der Waals surface area contributed by atoms with Crippen molar-refractivity contribution in [2.24, 2.45) is 0 Å². The Morgan fingerprint density at radius 3 is 2.52 bits per heavy atom. The highest BCUT2D eigenvalue weighted by Gasteiger charge is 2.19. The lowest BCUT2D eigenvalue weighted by Crippen LogP contribution is -2.10. The molecule has 0 spiro atoms. The summed E-state index contributed by atoms with van der Waals surface area (Å²) in [5.74, 6) is -1.35. The maximum absolute atomic E-state index is 11.5. The largest absolute Gasteiger partial charge is 0.481 e. The van der Waals surface area contributed by atoms with E-state index >= 15 is 0 Å². The van der Waals surface area contributed by atoms with E-state index in [-0.39, 0.29) is 0 Å². The minimum Gasteiger partial charge on any atom is -0.481 e. The summed E-state index contributed by atoms with van der Waals surface area (Å²) < 4.78 is 1.83. The molecule has 3 rings (SSSR count). The standard InChI is InChI=1S/C19H18Cl2N2O2/c1-3-13(19(24)25)12-7-8-14-11(2)22-23(18(14)9-12)10-15-16(20)5-4-6-17(15)21/h4-9,13H,3,10H2,1-2H3,(H,24,25). The maximum atomic E-state index is 11.5. The summed E-state index contributed by atoms with van der Waals surface area (Å²) in [6, 6.07) is 11.1. The second kappa shape index (κ2) is 7.06. The zero-order chi connectivity index (χ0) is 18.1. The molecule has 1 heterocycles. The average Bonchev–Trinajstić information content (AvgIpc) is 2.87. The van der Waals surface area contributed by atoms with E-state index in [4.69, 9.17) is 23.2 Å². The van der Waals surface area contributed by atoms with E-state index in [2.05, 4.69) is 5.10 Å². The van der Waals surface area contributed by atoms with Crippen LogP contribution < -0.4 is 0 Å². The van der Waals surface area contributed by atoms with Gasteiger partial charge in [-0.05, 0) is 37.1 Å². The molecule has 1 unspecified atom stereocenters. The molecular weight excluding hydrogens is 359 g/mol. The molecule has 0 bridgehead atoms. The van der Waals surface area contributed by atoms with Crippen molar-refractivity contribution in [1.82, 2.24) is 9.78 Å². The molecular formula is C19H18Cl2N2O2. The van der Waals surface area contributed by atoms with Crippen LogP contribution in [-0.2, 0) is 11.3 Å². The predicted molar refractivity (Wildman–Crippen MR) is 101 cm³/mol. The van der Waals surface area contributed by atoms with E-state index in [9.17, 15) is 9.90 Å². The molecule has 6 heteroatoms. The van der Waals surface area contributed by atoms with E-state index in [0.29, 0.717) is 23.0 Å². The first-order valence-electron chi connectivity index (χ1n) is 8.05. The number of halogens is 2. The van der Waals surface area contributed by atoms with Gasteiger partial charge in [-0.1, -0.05) is 48.3 Å². The van der Waals surface area contributed by atoms with Gasteiger partial charge in [0.2, 0.25) is 0 Å². The Hall–Kier alpha value is -2.04. The van der Waals surface area contributed by atoms with Gasteiger partial charge in [0.25, 0.3) is 0 Å². The van der Waals surface area contributed by atoms with Crippen LogP contribution in [0, 0.1) is 6.92 Å². The summed E-state index contributed by atoms with van der Waals surface area (Å²) in [4.78, 5) is 11.5. The average molecular weight is 377 g/mol. The highest BCUT2D eigenvalue weighted by Crippen LogP contribution is 2.29. The van der Waals surface area contributed by atoms with Gasteiger partial charge >= 0.3 is 5.97 Å². The maximum Gasteiger partial charge on any atom is 0.310 e. The number of benzene rings is 2. The van der Waals surface area contributed by atoms with Gasteiger partial charge in [-0.3, -0.25) is 9.48 Å². The SMILES string of the molecule is CCC(C(=O)O)c1ccc2c(C)nn(Cc3c(Cl)cccc3Cl)c2c1. The molecule has 0 saturated carbocycles. The Kier molecular flexibility index (Phi) is 5.02. The minimum atomic E-state index is -0.821. The smallest absolute Gasteiger partial charge is 0.310 e. The molecule has 1 aromatic heterocycles. The lowest BCUT2D eigenvalue weighted by molar-refractivity contribution is -0.138. The van der Waals surface area contributed by atoms with Crippen molar-refractivity contribution in [3.63, 3.8) is 0 Å². The highest BCUT2D eigenvalue weighted by molar-refractivity contribution is 6.36. The Bertz CT molecular complexity index is 930. The number of aliphatic carboxylic acids is 1. The molecule has 0 fully saturated rings. The first kappa shape index (κ1) is 17.8. The molecule has 1 N–H and O–H groups in total. The van der Waals surface area contributed by atoms with Crippen molar-refractivity contribution in [2.75, 3.05) is 0 Å². The zero-order valence-electron chi connectivity index (χ0n) is 14.0. The lowest BCUT2D eigenvalue weighted by Gasteiger charge is -2.12. The van der Waals surface area contributed by atoms with Crippen LogP contribution in [0.4, 0.5) is 0 Å². The van der Waals surface area contributed by atoms with Crippen molar-refractivity contribution in [3.8, 4) is 0 Å². The molecule has 25 heavy (non-hydrogen) atoms. The third kappa shape index (κ3) is 3.37. The Morgan fingerprint density at radius 2 is 1.92 bits per heavy atom. The second-order valence-corrected chi connectivity index (χ2v) is 6.83. The molecule has 0 radical (unpaired) electrons. The van der Waals surface area contributed by atoms with Gasteiger partial charge in [-0.15, -0.1) is 0 Å². The summed E-state index contributed by atoms with van der Waals surface area (Å²) in [6.45, 7) is 4.23. The molecule has 3 aromatic rings. The van der Waals surface area contributed by atoms with Crippen LogP contribution >= 0.6 is 23.2 Å². The van der Waals surface area contributed by atoms with Crippen LogP contribution in [0.25, 0.3) is 10.9 Å². The Morgan fingerprint density at radius 1 is 1.24 bits per heavy atom. The van der Waals surface area contributed by atoms with E-state index in [1.165, 1.54) is 0 Å². The van der Waals surface area contributed by atoms with Crippen LogP contribution in [0.5, 0.6) is 0 Å². The predicted octanol–water partition coefficient (Wildman–Crippen LogP) is 5.28. The van der Waals surface area contributed by atoms with Gasteiger partial charge in [0.1, 0.15) is 0 Å². The summed E-state index contributed by atoms with van der Waals surface area (Å²) in [5, 5.41) is 16.2. The Balaban J connectivity index is 2.11. The van der Waals surface area contributed by atoms with Gasteiger partial charge in [0.15, 0.2) is 0 Å². The molecule has 0 saturated heterocycles. The van der Waals surface area contributed by atoms with Crippen molar-refractivity contribution < 1.29 is 9.90 Å². The molecule has 0 amide bonds. The number of nitrogens with zero attached hydrogens (tertiary/aromatic N) is 2.